The summed E-state index contributed by atoms with van der Waals surface area (Å²) < 4.78 is 0. The highest BCUT2D eigenvalue weighted by Gasteiger charge is 2.28. The molecule has 0 amide bonds. The number of rotatable bonds is 4. The third kappa shape index (κ3) is 3.10. The van der Waals surface area contributed by atoms with E-state index in [0.717, 1.165) is 12.3 Å². The summed E-state index contributed by atoms with van der Waals surface area (Å²) in [5.74, 6) is 0. The van der Waals surface area contributed by atoms with Gasteiger partial charge in [0.1, 0.15) is 11.8 Å². The van der Waals surface area contributed by atoms with E-state index in [1.807, 2.05) is 0 Å². The van der Waals surface area contributed by atoms with Crippen molar-refractivity contribution in [1.29, 1.82) is 5.26 Å². The van der Waals surface area contributed by atoms with Gasteiger partial charge in [-0.1, -0.05) is 11.6 Å². The third-order valence-electron chi connectivity index (χ3n) is 2.01. The van der Waals surface area contributed by atoms with Crippen molar-refractivity contribution in [1.82, 2.24) is 4.98 Å². The SMILES string of the molecule is N#CCC(O)C(O)c1ncc(Cl)cc1[N+](=O)[O-]. The lowest BCUT2D eigenvalue weighted by Crippen LogP contribution is -2.19. The minimum atomic E-state index is -1.60. The third-order valence-corrected chi connectivity index (χ3v) is 2.21. The Bertz CT molecular complexity index is 474. The van der Waals surface area contributed by atoms with Crippen molar-refractivity contribution in [2.75, 3.05) is 0 Å². The van der Waals surface area contributed by atoms with E-state index in [-0.39, 0.29) is 17.1 Å². The predicted molar refractivity (Wildman–Crippen MR) is 57.1 cm³/mol. The van der Waals surface area contributed by atoms with Crippen molar-refractivity contribution in [3.05, 3.63) is 33.1 Å². The fraction of sp³-hybridized carbons (Fsp3) is 0.333. The number of nitro groups is 1. The normalized spacial score (nSPS) is 13.8. The molecule has 2 atom stereocenters. The van der Waals surface area contributed by atoms with Gasteiger partial charge < -0.3 is 10.2 Å². The van der Waals surface area contributed by atoms with Gasteiger partial charge in [-0.2, -0.15) is 5.26 Å². The molecule has 2 N–H and O–H groups in total. The molecule has 1 aromatic heterocycles. The van der Waals surface area contributed by atoms with Crippen LogP contribution in [-0.2, 0) is 0 Å². The van der Waals surface area contributed by atoms with Crippen molar-refractivity contribution in [3.8, 4) is 6.07 Å². The lowest BCUT2D eigenvalue weighted by atomic mass is 10.1. The van der Waals surface area contributed by atoms with E-state index in [4.69, 9.17) is 16.9 Å². The van der Waals surface area contributed by atoms with Crippen LogP contribution in [0.4, 0.5) is 5.69 Å². The molecular weight excluding hydrogens is 250 g/mol. The van der Waals surface area contributed by atoms with Gasteiger partial charge in [-0.25, -0.2) is 4.98 Å². The second-order valence-corrected chi connectivity index (χ2v) is 3.63. The molecule has 0 aliphatic carbocycles. The van der Waals surface area contributed by atoms with Crippen molar-refractivity contribution in [2.24, 2.45) is 0 Å². The summed E-state index contributed by atoms with van der Waals surface area (Å²) in [7, 11) is 0. The molecule has 1 aromatic rings. The molecule has 8 heteroatoms. The Labute approximate surface area is 101 Å². The first-order valence-corrected chi connectivity index (χ1v) is 4.88. The van der Waals surface area contributed by atoms with Gasteiger partial charge in [0.2, 0.25) is 0 Å². The largest absolute Gasteiger partial charge is 0.389 e. The van der Waals surface area contributed by atoms with Crippen molar-refractivity contribution < 1.29 is 15.1 Å². The van der Waals surface area contributed by atoms with Crippen molar-refractivity contribution in [2.45, 2.75) is 18.6 Å². The molecule has 0 aromatic carbocycles. The summed E-state index contributed by atoms with van der Waals surface area (Å²) in [6, 6.07) is 2.66. The van der Waals surface area contributed by atoms with E-state index in [2.05, 4.69) is 4.98 Å². The maximum Gasteiger partial charge on any atom is 0.295 e. The number of aromatic nitrogens is 1. The minimum Gasteiger partial charge on any atom is -0.389 e. The van der Waals surface area contributed by atoms with Gasteiger partial charge >= 0.3 is 0 Å². The number of hydrogen-bond acceptors (Lipinski definition) is 6. The highest BCUT2D eigenvalue weighted by molar-refractivity contribution is 6.30. The molecular formula is C9H8ClN3O4. The van der Waals surface area contributed by atoms with Crippen LogP contribution in [0.2, 0.25) is 5.02 Å². The molecule has 0 spiro atoms. The summed E-state index contributed by atoms with van der Waals surface area (Å²) in [4.78, 5) is 13.6. The van der Waals surface area contributed by atoms with Crippen molar-refractivity contribution >= 4 is 17.3 Å². The smallest absolute Gasteiger partial charge is 0.295 e. The van der Waals surface area contributed by atoms with Crippen LogP contribution in [-0.4, -0.2) is 26.2 Å². The Hall–Kier alpha value is -1.75. The van der Waals surface area contributed by atoms with E-state index in [0.29, 0.717) is 0 Å². The topological polar surface area (TPSA) is 120 Å². The van der Waals surface area contributed by atoms with Crippen LogP contribution in [0, 0.1) is 21.4 Å². The Kier molecular flexibility index (Phi) is 4.34. The summed E-state index contributed by atoms with van der Waals surface area (Å²) in [6.45, 7) is 0. The quantitative estimate of drug-likeness (QED) is 0.612. The van der Waals surface area contributed by atoms with Gasteiger partial charge in [-0.05, 0) is 0 Å². The molecule has 0 fully saturated rings. The Balaban J connectivity index is 3.13. The fourth-order valence-corrected chi connectivity index (χ4v) is 1.35. The second kappa shape index (κ2) is 5.54. The van der Waals surface area contributed by atoms with E-state index in [1.165, 1.54) is 0 Å². The van der Waals surface area contributed by atoms with Crippen LogP contribution in [0.15, 0.2) is 12.3 Å². The highest BCUT2D eigenvalue weighted by Crippen LogP contribution is 2.28. The average molecular weight is 258 g/mol. The molecule has 0 saturated carbocycles. The molecule has 2 unspecified atom stereocenters. The van der Waals surface area contributed by atoms with Crippen LogP contribution in [0.3, 0.4) is 0 Å². The molecule has 1 rings (SSSR count). The van der Waals surface area contributed by atoms with Crippen LogP contribution in [0.1, 0.15) is 18.2 Å². The Morgan fingerprint density at radius 1 is 1.65 bits per heavy atom. The highest BCUT2D eigenvalue weighted by atomic mass is 35.5. The number of pyridine rings is 1. The lowest BCUT2D eigenvalue weighted by Gasteiger charge is -2.14. The lowest BCUT2D eigenvalue weighted by molar-refractivity contribution is -0.386. The molecule has 0 bridgehead atoms. The van der Waals surface area contributed by atoms with Gasteiger partial charge in [0.15, 0.2) is 0 Å². The molecule has 17 heavy (non-hydrogen) atoms. The van der Waals surface area contributed by atoms with Crippen LogP contribution < -0.4 is 0 Å². The maximum atomic E-state index is 10.7. The van der Waals surface area contributed by atoms with Crippen LogP contribution in [0.5, 0.6) is 0 Å². The second-order valence-electron chi connectivity index (χ2n) is 3.19. The molecule has 1 heterocycles. The molecule has 0 radical (unpaired) electrons. The number of hydrogen-bond donors (Lipinski definition) is 2. The summed E-state index contributed by atoms with van der Waals surface area (Å²) in [5, 5.41) is 38.1. The van der Waals surface area contributed by atoms with E-state index in [1.54, 1.807) is 6.07 Å². The van der Waals surface area contributed by atoms with E-state index >= 15 is 0 Å². The first-order valence-electron chi connectivity index (χ1n) is 4.50. The zero-order valence-corrected chi connectivity index (χ0v) is 9.20. The average Bonchev–Trinajstić information content (AvgIpc) is 2.28. The van der Waals surface area contributed by atoms with Gasteiger partial charge in [0.05, 0.1) is 28.5 Å². The fourth-order valence-electron chi connectivity index (χ4n) is 1.20. The molecule has 0 aliphatic rings. The number of aliphatic hydroxyl groups excluding tert-OH is 2. The monoisotopic (exact) mass is 257 g/mol. The van der Waals surface area contributed by atoms with Gasteiger partial charge in [0, 0.05) is 12.3 Å². The summed E-state index contributed by atoms with van der Waals surface area (Å²) >= 11 is 5.54. The first-order chi connectivity index (χ1) is 7.97. The molecule has 7 nitrogen and oxygen atoms in total. The zero-order chi connectivity index (χ0) is 13.0. The zero-order valence-electron chi connectivity index (χ0n) is 8.45. The first kappa shape index (κ1) is 13.3. The minimum absolute atomic E-state index is 0.0439. The predicted octanol–water partition coefficient (Wildman–Crippen LogP) is 0.951. The molecule has 0 saturated heterocycles. The van der Waals surface area contributed by atoms with Gasteiger partial charge in [-0.15, -0.1) is 0 Å². The molecule has 90 valence electrons. The summed E-state index contributed by atoms with van der Waals surface area (Å²) in [5.41, 5.74) is -0.816. The molecule has 0 aliphatic heterocycles. The summed E-state index contributed by atoms with van der Waals surface area (Å²) in [6.07, 6.45) is -2.28. The Morgan fingerprint density at radius 3 is 2.82 bits per heavy atom. The van der Waals surface area contributed by atoms with E-state index in [9.17, 15) is 20.3 Å². The van der Waals surface area contributed by atoms with Gasteiger partial charge in [-0.3, -0.25) is 10.1 Å². The van der Waals surface area contributed by atoms with Crippen molar-refractivity contribution in [3.63, 3.8) is 0 Å². The van der Waals surface area contributed by atoms with Crippen LogP contribution >= 0.6 is 11.6 Å². The standard InChI is InChI=1S/C9H8ClN3O4/c10-5-3-6(13(16)17)8(12-4-5)9(15)7(14)1-2-11/h3-4,7,9,14-15H,1H2. The van der Waals surface area contributed by atoms with E-state index < -0.39 is 22.8 Å². The maximum absolute atomic E-state index is 10.7. The van der Waals surface area contributed by atoms with Crippen LogP contribution in [0.25, 0.3) is 0 Å². The van der Waals surface area contributed by atoms with Gasteiger partial charge in [0.25, 0.3) is 5.69 Å². The Morgan fingerprint density at radius 2 is 2.29 bits per heavy atom. The number of aliphatic hydroxyl groups is 2. The number of nitriles is 1. The number of nitrogens with zero attached hydrogens (tertiary/aromatic N) is 3. The number of halogens is 1.